The zero-order valence-electron chi connectivity index (χ0n) is 11.0. The fourth-order valence-corrected chi connectivity index (χ4v) is 1.26. The summed E-state index contributed by atoms with van der Waals surface area (Å²) in [5, 5.41) is 13.5. The third-order valence-corrected chi connectivity index (χ3v) is 2.21. The summed E-state index contributed by atoms with van der Waals surface area (Å²) in [6, 6.07) is -1.06. The van der Waals surface area contributed by atoms with Gasteiger partial charge in [-0.2, -0.15) is 0 Å². The fourth-order valence-electron chi connectivity index (χ4n) is 1.26. The number of rotatable bonds is 9. The Morgan fingerprint density at radius 1 is 1.20 bits per heavy atom. The highest BCUT2D eigenvalue weighted by molar-refractivity contribution is 5.88. The average Bonchev–Trinajstić information content (AvgIpc) is 2.38. The molecule has 0 aliphatic heterocycles. The third-order valence-electron chi connectivity index (χ3n) is 2.21. The van der Waals surface area contributed by atoms with Crippen LogP contribution in [0.5, 0.6) is 0 Å². The van der Waals surface area contributed by atoms with E-state index in [1.165, 1.54) is 0 Å². The van der Waals surface area contributed by atoms with E-state index in [4.69, 9.17) is 22.3 Å². The molecule has 0 aromatic rings. The minimum atomic E-state index is -1.17. The molecule has 0 heterocycles. The second-order valence-electron chi connectivity index (χ2n) is 3.89. The van der Waals surface area contributed by atoms with E-state index in [1.54, 1.807) is 0 Å². The molecule has 0 spiro atoms. The summed E-state index contributed by atoms with van der Waals surface area (Å²) >= 11 is 0. The molecule has 0 aliphatic rings. The largest absolute Gasteiger partial charge is 0.480 e. The number of carboxylic acids is 1. The number of nitrogens with two attached hydrogens (primary N) is 3. The molecule has 0 fully saturated rings. The van der Waals surface area contributed by atoms with Gasteiger partial charge in [0, 0.05) is 6.54 Å². The van der Waals surface area contributed by atoms with Crippen molar-refractivity contribution in [2.75, 3.05) is 19.6 Å². The summed E-state index contributed by atoms with van der Waals surface area (Å²) in [4.78, 5) is 36.9. The number of aliphatic imine (C=N–C) groups is 1. The number of carboxylic acid groups (broad SMARTS) is 1. The van der Waals surface area contributed by atoms with Crippen LogP contribution in [-0.2, 0) is 14.4 Å². The van der Waals surface area contributed by atoms with Crippen molar-refractivity contribution in [3.63, 3.8) is 0 Å². The lowest BCUT2D eigenvalue weighted by Crippen LogP contribution is -2.46. The first kappa shape index (κ1) is 17.6. The first-order chi connectivity index (χ1) is 9.36. The van der Waals surface area contributed by atoms with Gasteiger partial charge < -0.3 is 32.9 Å². The summed E-state index contributed by atoms with van der Waals surface area (Å²) in [7, 11) is 0. The average molecular weight is 288 g/mol. The molecule has 114 valence electrons. The van der Waals surface area contributed by atoms with Crippen LogP contribution in [0, 0.1) is 0 Å². The van der Waals surface area contributed by atoms with E-state index in [1.807, 2.05) is 0 Å². The monoisotopic (exact) mass is 288 g/mol. The van der Waals surface area contributed by atoms with Crippen LogP contribution in [0.1, 0.15) is 12.8 Å². The number of hydrogen-bond donors (Lipinski definition) is 6. The molecule has 0 bridgehead atoms. The zero-order valence-corrected chi connectivity index (χ0v) is 11.0. The Labute approximate surface area is 115 Å². The molecule has 0 aliphatic carbocycles. The number of carbonyl (C=O) groups is 3. The molecule has 1 atom stereocenters. The summed E-state index contributed by atoms with van der Waals surface area (Å²) in [6.45, 7) is -0.298. The number of amides is 2. The first-order valence-electron chi connectivity index (χ1n) is 5.91. The molecule has 0 saturated carbocycles. The van der Waals surface area contributed by atoms with Crippen LogP contribution >= 0.6 is 0 Å². The lowest BCUT2D eigenvalue weighted by Gasteiger charge is -2.14. The molecular formula is C10H20N6O4. The Hall–Kier alpha value is -2.36. The van der Waals surface area contributed by atoms with E-state index in [2.05, 4.69) is 15.6 Å². The molecule has 10 heteroatoms. The van der Waals surface area contributed by atoms with Crippen LogP contribution in [0.2, 0.25) is 0 Å². The van der Waals surface area contributed by atoms with Gasteiger partial charge in [0.15, 0.2) is 5.96 Å². The van der Waals surface area contributed by atoms with E-state index in [9.17, 15) is 14.4 Å². The highest BCUT2D eigenvalue weighted by Gasteiger charge is 2.19. The van der Waals surface area contributed by atoms with Crippen molar-refractivity contribution < 1.29 is 19.5 Å². The first-order valence-corrected chi connectivity index (χ1v) is 5.91. The molecule has 0 radical (unpaired) electrons. The number of carbonyl (C=O) groups excluding carboxylic acids is 2. The Balaban J connectivity index is 4.13. The predicted octanol–water partition coefficient (Wildman–Crippen LogP) is -3.32. The van der Waals surface area contributed by atoms with Gasteiger partial charge in [0.1, 0.15) is 6.04 Å². The van der Waals surface area contributed by atoms with Crippen molar-refractivity contribution in [3.05, 3.63) is 0 Å². The smallest absolute Gasteiger partial charge is 0.326 e. The summed E-state index contributed by atoms with van der Waals surface area (Å²) < 4.78 is 0. The molecular weight excluding hydrogens is 268 g/mol. The lowest BCUT2D eigenvalue weighted by atomic mass is 10.1. The van der Waals surface area contributed by atoms with Crippen molar-refractivity contribution in [2.45, 2.75) is 18.9 Å². The molecule has 0 saturated heterocycles. The van der Waals surface area contributed by atoms with Crippen molar-refractivity contribution >= 4 is 23.7 Å². The van der Waals surface area contributed by atoms with E-state index in [0.29, 0.717) is 6.42 Å². The van der Waals surface area contributed by atoms with Crippen molar-refractivity contribution in [1.29, 1.82) is 0 Å². The molecule has 0 unspecified atom stereocenters. The predicted molar refractivity (Wildman–Crippen MR) is 71.5 cm³/mol. The highest BCUT2D eigenvalue weighted by Crippen LogP contribution is 1.98. The third kappa shape index (κ3) is 8.69. The van der Waals surface area contributed by atoms with Crippen LogP contribution in [0.4, 0.5) is 0 Å². The van der Waals surface area contributed by atoms with E-state index in [-0.39, 0.29) is 32.0 Å². The van der Waals surface area contributed by atoms with Gasteiger partial charge in [-0.15, -0.1) is 0 Å². The number of hydrogen-bond acceptors (Lipinski definition) is 5. The van der Waals surface area contributed by atoms with Gasteiger partial charge >= 0.3 is 5.97 Å². The minimum Gasteiger partial charge on any atom is -0.480 e. The van der Waals surface area contributed by atoms with Crippen LogP contribution in [0.25, 0.3) is 0 Å². The normalized spacial score (nSPS) is 11.2. The second kappa shape index (κ2) is 9.55. The topological polar surface area (TPSA) is 186 Å². The molecule has 10 nitrogen and oxygen atoms in total. The standard InChI is InChI=1S/C10H20N6O4/c11-4-7(17)15-5-8(18)16-6(9(19)20)2-1-3-14-10(12)13/h6H,1-5,11H2,(H,15,17)(H,16,18)(H,19,20)(H4,12,13,14)/t6-/m1/s1. The zero-order chi connectivity index (χ0) is 15.5. The quantitative estimate of drug-likeness (QED) is 0.145. The van der Waals surface area contributed by atoms with Gasteiger partial charge in [0.25, 0.3) is 0 Å². The lowest BCUT2D eigenvalue weighted by molar-refractivity contribution is -0.141. The van der Waals surface area contributed by atoms with Crippen LogP contribution in [-0.4, -0.2) is 54.5 Å². The molecule has 0 rings (SSSR count). The van der Waals surface area contributed by atoms with Gasteiger partial charge in [-0.3, -0.25) is 14.6 Å². The van der Waals surface area contributed by atoms with Crippen LogP contribution in [0.15, 0.2) is 4.99 Å². The van der Waals surface area contributed by atoms with E-state index < -0.39 is 23.8 Å². The van der Waals surface area contributed by atoms with Crippen molar-refractivity contribution in [3.8, 4) is 0 Å². The number of nitrogens with zero attached hydrogens (tertiary/aromatic N) is 1. The fraction of sp³-hybridized carbons (Fsp3) is 0.600. The summed E-state index contributed by atoms with van der Waals surface area (Å²) in [6.07, 6.45) is 0.562. The number of nitrogens with one attached hydrogen (secondary N) is 2. The SMILES string of the molecule is NCC(=O)NCC(=O)N[C@H](CCCN=C(N)N)C(=O)O. The minimum absolute atomic E-state index is 0.0783. The maximum Gasteiger partial charge on any atom is 0.326 e. The number of aliphatic carboxylic acids is 1. The summed E-state index contributed by atoms with van der Waals surface area (Å²) in [5.74, 6) is -2.36. The van der Waals surface area contributed by atoms with Gasteiger partial charge in [0.05, 0.1) is 13.1 Å². The Morgan fingerprint density at radius 2 is 1.85 bits per heavy atom. The Bertz CT molecular complexity index is 380. The Kier molecular flexibility index (Phi) is 8.43. The highest BCUT2D eigenvalue weighted by atomic mass is 16.4. The molecule has 20 heavy (non-hydrogen) atoms. The van der Waals surface area contributed by atoms with Gasteiger partial charge in [0.2, 0.25) is 11.8 Å². The molecule has 0 aromatic carbocycles. The van der Waals surface area contributed by atoms with Gasteiger partial charge in [-0.25, -0.2) is 4.79 Å². The molecule has 0 aromatic heterocycles. The van der Waals surface area contributed by atoms with Crippen LogP contribution in [0.3, 0.4) is 0 Å². The Morgan fingerprint density at radius 3 is 2.35 bits per heavy atom. The maximum atomic E-state index is 11.4. The van der Waals surface area contributed by atoms with Crippen molar-refractivity contribution in [1.82, 2.24) is 10.6 Å². The van der Waals surface area contributed by atoms with Gasteiger partial charge in [-0.1, -0.05) is 0 Å². The maximum absolute atomic E-state index is 11.4. The van der Waals surface area contributed by atoms with Gasteiger partial charge in [-0.05, 0) is 12.8 Å². The molecule has 2 amide bonds. The second-order valence-corrected chi connectivity index (χ2v) is 3.89. The summed E-state index contributed by atoms with van der Waals surface area (Å²) in [5.41, 5.74) is 15.3. The van der Waals surface area contributed by atoms with E-state index in [0.717, 1.165) is 0 Å². The molecule has 9 N–H and O–H groups in total. The van der Waals surface area contributed by atoms with Crippen molar-refractivity contribution in [2.24, 2.45) is 22.2 Å². The number of guanidine groups is 1. The van der Waals surface area contributed by atoms with Crippen LogP contribution < -0.4 is 27.8 Å². The van der Waals surface area contributed by atoms with E-state index >= 15 is 0 Å².